The quantitative estimate of drug-likeness (QED) is 0.824. The minimum Gasteiger partial charge on any atom is -0.491 e. The van der Waals surface area contributed by atoms with Crippen LogP contribution in [0.25, 0.3) is 0 Å². The van der Waals surface area contributed by atoms with Crippen LogP contribution in [0.15, 0.2) is 18.2 Å². The third kappa shape index (κ3) is 3.92. The van der Waals surface area contributed by atoms with Gasteiger partial charge in [-0.05, 0) is 43.0 Å². The van der Waals surface area contributed by atoms with Crippen LogP contribution in [-0.2, 0) is 0 Å². The monoisotopic (exact) mass is 208 g/mol. The van der Waals surface area contributed by atoms with Crippen molar-refractivity contribution in [2.75, 3.05) is 6.61 Å². The fourth-order valence-electron chi connectivity index (χ4n) is 1.39. The SMILES string of the molecule is Cc1cc(C)cc(OCC(O)C(C)C)c1. The van der Waals surface area contributed by atoms with Crippen LogP contribution >= 0.6 is 0 Å². The zero-order chi connectivity index (χ0) is 11.4. The molecule has 1 unspecified atom stereocenters. The van der Waals surface area contributed by atoms with Gasteiger partial charge in [0.1, 0.15) is 12.4 Å². The summed E-state index contributed by atoms with van der Waals surface area (Å²) in [4.78, 5) is 0. The number of hydrogen-bond acceptors (Lipinski definition) is 2. The van der Waals surface area contributed by atoms with Crippen molar-refractivity contribution >= 4 is 0 Å². The average molecular weight is 208 g/mol. The maximum absolute atomic E-state index is 9.60. The lowest BCUT2D eigenvalue weighted by Crippen LogP contribution is -2.23. The van der Waals surface area contributed by atoms with Crippen LogP contribution in [0.1, 0.15) is 25.0 Å². The smallest absolute Gasteiger partial charge is 0.119 e. The van der Waals surface area contributed by atoms with E-state index in [2.05, 4.69) is 6.07 Å². The molecule has 0 saturated carbocycles. The second-order valence-corrected chi connectivity index (χ2v) is 4.45. The van der Waals surface area contributed by atoms with E-state index in [1.807, 2.05) is 39.8 Å². The molecule has 0 bridgehead atoms. The van der Waals surface area contributed by atoms with Crippen molar-refractivity contribution in [3.8, 4) is 5.75 Å². The van der Waals surface area contributed by atoms with Gasteiger partial charge in [-0.25, -0.2) is 0 Å². The first kappa shape index (κ1) is 12.1. The van der Waals surface area contributed by atoms with Crippen molar-refractivity contribution in [3.63, 3.8) is 0 Å². The Bertz CT molecular complexity index is 298. The molecule has 0 fully saturated rings. The van der Waals surface area contributed by atoms with Crippen molar-refractivity contribution in [2.45, 2.75) is 33.8 Å². The van der Waals surface area contributed by atoms with Gasteiger partial charge in [-0.2, -0.15) is 0 Å². The van der Waals surface area contributed by atoms with Gasteiger partial charge in [-0.3, -0.25) is 0 Å². The van der Waals surface area contributed by atoms with Gasteiger partial charge in [0.25, 0.3) is 0 Å². The van der Waals surface area contributed by atoms with Crippen LogP contribution < -0.4 is 4.74 Å². The van der Waals surface area contributed by atoms with E-state index in [9.17, 15) is 5.11 Å². The largest absolute Gasteiger partial charge is 0.491 e. The molecule has 0 aliphatic carbocycles. The molecule has 2 nitrogen and oxygen atoms in total. The normalized spacial score (nSPS) is 12.9. The molecule has 15 heavy (non-hydrogen) atoms. The fourth-order valence-corrected chi connectivity index (χ4v) is 1.39. The molecule has 1 N–H and O–H groups in total. The lowest BCUT2D eigenvalue weighted by molar-refractivity contribution is 0.0701. The first-order valence-electron chi connectivity index (χ1n) is 5.38. The molecule has 0 aliphatic heterocycles. The molecule has 0 spiro atoms. The van der Waals surface area contributed by atoms with Crippen LogP contribution in [0, 0.1) is 19.8 Å². The van der Waals surface area contributed by atoms with E-state index in [4.69, 9.17) is 4.74 Å². The van der Waals surface area contributed by atoms with Crippen LogP contribution in [0.3, 0.4) is 0 Å². The highest BCUT2D eigenvalue weighted by Crippen LogP contribution is 2.16. The van der Waals surface area contributed by atoms with E-state index in [0.29, 0.717) is 6.61 Å². The zero-order valence-electron chi connectivity index (χ0n) is 9.95. The number of aryl methyl sites for hydroxylation is 2. The summed E-state index contributed by atoms with van der Waals surface area (Å²) in [5, 5.41) is 9.60. The predicted octanol–water partition coefficient (Wildman–Crippen LogP) is 2.70. The second-order valence-electron chi connectivity index (χ2n) is 4.45. The highest BCUT2D eigenvalue weighted by atomic mass is 16.5. The zero-order valence-corrected chi connectivity index (χ0v) is 9.95. The van der Waals surface area contributed by atoms with E-state index in [0.717, 1.165) is 5.75 Å². The maximum atomic E-state index is 9.60. The summed E-state index contributed by atoms with van der Waals surface area (Å²) in [6, 6.07) is 6.08. The lowest BCUT2D eigenvalue weighted by Gasteiger charge is -2.15. The first-order valence-corrected chi connectivity index (χ1v) is 5.38. The average Bonchev–Trinajstić information content (AvgIpc) is 2.12. The van der Waals surface area contributed by atoms with Gasteiger partial charge in [0, 0.05) is 0 Å². The van der Waals surface area contributed by atoms with Crippen molar-refractivity contribution in [1.82, 2.24) is 0 Å². The summed E-state index contributed by atoms with van der Waals surface area (Å²) >= 11 is 0. The Morgan fingerprint density at radius 3 is 2.13 bits per heavy atom. The second kappa shape index (κ2) is 5.17. The minimum absolute atomic E-state index is 0.232. The Morgan fingerprint density at radius 2 is 1.67 bits per heavy atom. The third-order valence-electron chi connectivity index (χ3n) is 2.39. The standard InChI is InChI=1S/C13H20O2/c1-9(2)13(14)8-15-12-6-10(3)5-11(4)7-12/h5-7,9,13-14H,8H2,1-4H3. The molecule has 1 atom stereocenters. The molecular formula is C13H20O2. The van der Waals surface area contributed by atoms with E-state index < -0.39 is 6.10 Å². The number of benzene rings is 1. The van der Waals surface area contributed by atoms with E-state index in [1.165, 1.54) is 11.1 Å². The van der Waals surface area contributed by atoms with E-state index in [-0.39, 0.29) is 5.92 Å². The number of ether oxygens (including phenoxy) is 1. The van der Waals surface area contributed by atoms with Crippen LogP contribution in [0.4, 0.5) is 0 Å². The number of hydrogen-bond donors (Lipinski definition) is 1. The Morgan fingerprint density at radius 1 is 1.13 bits per heavy atom. The van der Waals surface area contributed by atoms with Gasteiger partial charge in [0.05, 0.1) is 6.10 Å². The van der Waals surface area contributed by atoms with Gasteiger partial charge in [-0.1, -0.05) is 19.9 Å². The predicted molar refractivity (Wildman–Crippen MR) is 62.3 cm³/mol. The first-order chi connectivity index (χ1) is 6.99. The molecule has 0 heterocycles. The van der Waals surface area contributed by atoms with Crippen LogP contribution in [-0.4, -0.2) is 17.8 Å². The molecule has 0 aliphatic rings. The summed E-state index contributed by atoms with van der Waals surface area (Å²) in [7, 11) is 0. The number of rotatable bonds is 4. The molecule has 0 saturated heterocycles. The van der Waals surface area contributed by atoms with E-state index in [1.54, 1.807) is 0 Å². The Balaban J connectivity index is 2.57. The summed E-state index contributed by atoms with van der Waals surface area (Å²) in [5.74, 6) is 1.07. The third-order valence-corrected chi connectivity index (χ3v) is 2.39. The van der Waals surface area contributed by atoms with Gasteiger partial charge < -0.3 is 9.84 Å². The van der Waals surface area contributed by atoms with Gasteiger partial charge in [0.2, 0.25) is 0 Å². The van der Waals surface area contributed by atoms with E-state index >= 15 is 0 Å². The number of aliphatic hydroxyl groups excluding tert-OH is 1. The lowest BCUT2D eigenvalue weighted by atomic mass is 10.1. The molecule has 1 aromatic rings. The fraction of sp³-hybridized carbons (Fsp3) is 0.538. The van der Waals surface area contributed by atoms with Gasteiger partial charge in [0.15, 0.2) is 0 Å². The summed E-state index contributed by atoms with van der Waals surface area (Å²) in [6.45, 7) is 8.41. The molecule has 84 valence electrons. The van der Waals surface area contributed by atoms with Crippen molar-refractivity contribution in [3.05, 3.63) is 29.3 Å². The van der Waals surface area contributed by atoms with Crippen molar-refractivity contribution in [1.29, 1.82) is 0 Å². The topological polar surface area (TPSA) is 29.5 Å². The summed E-state index contributed by atoms with van der Waals surface area (Å²) < 4.78 is 5.54. The molecular weight excluding hydrogens is 188 g/mol. The highest BCUT2D eigenvalue weighted by Gasteiger charge is 2.09. The molecule has 1 aromatic carbocycles. The number of aliphatic hydroxyl groups is 1. The van der Waals surface area contributed by atoms with Crippen LogP contribution in [0.2, 0.25) is 0 Å². The molecule has 0 aromatic heterocycles. The molecule has 0 amide bonds. The minimum atomic E-state index is -0.397. The Kier molecular flexibility index (Phi) is 4.15. The maximum Gasteiger partial charge on any atom is 0.119 e. The van der Waals surface area contributed by atoms with Crippen molar-refractivity contribution < 1.29 is 9.84 Å². The summed E-state index contributed by atoms with van der Waals surface area (Å²) in [6.07, 6.45) is -0.397. The molecule has 2 heteroatoms. The Labute approximate surface area is 91.9 Å². The highest BCUT2D eigenvalue weighted by molar-refractivity contribution is 5.32. The Hall–Kier alpha value is -1.02. The van der Waals surface area contributed by atoms with Crippen LogP contribution in [0.5, 0.6) is 5.75 Å². The molecule has 1 rings (SSSR count). The van der Waals surface area contributed by atoms with Crippen molar-refractivity contribution in [2.24, 2.45) is 5.92 Å². The van der Waals surface area contributed by atoms with Gasteiger partial charge in [-0.15, -0.1) is 0 Å². The summed E-state index contributed by atoms with van der Waals surface area (Å²) in [5.41, 5.74) is 2.37. The molecule has 0 radical (unpaired) electrons. The van der Waals surface area contributed by atoms with Gasteiger partial charge >= 0.3 is 0 Å².